The van der Waals surface area contributed by atoms with E-state index in [0.717, 1.165) is 0 Å². The fourth-order valence-electron chi connectivity index (χ4n) is 1.76. The summed E-state index contributed by atoms with van der Waals surface area (Å²) in [6.07, 6.45) is 0. The van der Waals surface area contributed by atoms with E-state index >= 15 is 0 Å². The zero-order chi connectivity index (χ0) is 13.3. The highest BCUT2D eigenvalue weighted by molar-refractivity contribution is 6.42. The van der Waals surface area contributed by atoms with Crippen LogP contribution in [0.2, 0.25) is 10.0 Å². The molecule has 2 aromatic carbocycles. The molecule has 0 aliphatic rings. The van der Waals surface area contributed by atoms with E-state index in [2.05, 4.69) is 0 Å². The number of rotatable bonds is 2. The van der Waals surface area contributed by atoms with E-state index in [-0.39, 0.29) is 0 Å². The quantitative estimate of drug-likeness (QED) is 0.867. The molecule has 4 heteroatoms. The first-order chi connectivity index (χ1) is 8.41. The van der Waals surface area contributed by atoms with Gasteiger partial charge >= 0.3 is 0 Å². The Morgan fingerprint density at radius 3 is 2.28 bits per heavy atom. The second kappa shape index (κ2) is 4.88. The Balaban J connectivity index is 2.50. The minimum atomic E-state index is -1.32. The Hall–Kier alpha value is -1.09. The van der Waals surface area contributed by atoms with Gasteiger partial charge in [-0.15, -0.1) is 0 Å². The fraction of sp³-hybridized carbons (Fsp3) is 0.143. The molecule has 2 aromatic rings. The third-order valence-electron chi connectivity index (χ3n) is 2.87. The van der Waals surface area contributed by atoms with Crippen LogP contribution in [-0.2, 0) is 5.60 Å². The van der Waals surface area contributed by atoms with Gasteiger partial charge in [-0.05, 0) is 42.3 Å². The summed E-state index contributed by atoms with van der Waals surface area (Å²) in [6.45, 7) is 1.58. The summed E-state index contributed by atoms with van der Waals surface area (Å²) < 4.78 is 13.2. The highest BCUT2D eigenvalue weighted by Gasteiger charge is 2.26. The zero-order valence-electron chi connectivity index (χ0n) is 9.62. The van der Waals surface area contributed by atoms with Crippen LogP contribution in [-0.4, -0.2) is 5.11 Å². The summed E-state index contributed by atoms with van der Waals surface area (Å²) in [5, 5.41) is 11.3. The second-order valence-corrected chi connectivity index (χ2v) is 5.03. The average molecular weight is 285 g/mol. The Morgan fingerprint density at radius 1 is 1.00 bits per heavy atom. The predicted octanol–water partition coefficient (Wildman–Crippen LogP) is 4.39. The molecule has 94 valence electrons. The lowest BCUT2D eigenvalue weighted by Crippen LogP contribution is -2.22. The third-order valence-corrected chi connectivity index (χ3v) is 3.61. The smallest absolute Gasteiger partial charge is 0.123 e. The first-order valence-corrected chi connectivity index (χ1v) is 6.11. The molecule has 0 spiro atoms. The van der Waals surface area contributed by atoms with E-state index < -0.39 is 11.4 Å². The van der Waals surface area contributed by atoms with Crippen molar-refractivity contribution in [3.8, 4) is 0 Å². The topological polar surface area (TPSA) is 20.2 Å². The molecule has 0 saturated heterocycles. The maximum Gasteiger partial charge on any atom is 0.123 e. The van der Waals surface area contributed by atoms with Crippen LogP contribution in [0.4, 0.5) is 4.39 Å². The van der Waals surface area contributed by atoms with Gasteiger partial charge in [0.05, 0.1) is 10.0 Å². The Kier molecular flexibility index (Phi) is 3.62. The maximum atomic E-state index is 13.2. The molecule has 1 nitrogen and oxygen atoms in total. The van der Waals surface area contributed by atoms with Crippen molar-refractivity contribution in [2.24, 2.45) is 0 Å². The molecule has 1 N–H and O–H groups in total. The molecule has 0 aliphatic heterocycles. The van der Waals surface area contributed by atoms with Crippen molar-refractivity contribution < 1.29 is 9.50 Å². The van der Waals surface area contributed by atoms with Crippen LogP contribution in [0.3, 0.4) is 0 Å². The zero-order valence-corrected chi connectivity index (χ0v) is 11.1. The predicted molar refractivity (Wildman–Crippen MR) is 71.5 cm³/mol. The van der Waals surface area contributed by atoms with E-state index in [1.165, 1.54) is 12.1 Å². The van der Waals surface area contributed by atoms with Gasteiger partial charge in [-0.3, -0.25) is 0 Å². The van der Waals surface area contributed by atoms with Gasteiger partial charge in [0.25, 0.3) is 0 Å². The Morgan fingerprint density at radius 2 is 1.67 bits per heavy atom. The van der Waals surface area contributed by atoms with E-state index in [9.17, 15) is 9.50 Å². The highest BCUT2D eigenvalue weighted by Crippen LogP contribution is 2.33. The Bertz CT molecular complexity index is 582. The molecule has 1 unspecified atom stereocenters. The van der Waals surface area contributed by atoms with Crippen LogP contribution in [0.25, 0.3) is 0 Å². The lowest BCUT2D eigenvalue weighted by atomic mass is 9.88. The normalized spacial score (nSPS) is 14.3. The van der Waals surface area contributed by atoms with Gasteiger partial charge in [0.1, 0.15) is 11.4 Å². The molecule has 2 rings (SSSR count). The van der Waals surface area contributed by atoms with Crippen LogP contribution in [0.5, 0.6) is 0 Å². The first kappa shape index (κ1) is 13.3. The van der Waals surface area contributed by atoms with Gasteiger partial charge < -0.3 is 5.11 Å². The van der Waals surface area contributed by atoms with Crippen molar-refractivity contribution in [2.75, 3.05) is 0 Å². The molecule has 0 aromatic heterocycles. The van der Waals surface area contributed by atoms with Crippen LogP contribution >= 0.6 is 23.2 Å². The fourth-order valence-corrected chi connectivity index (χ4v) is 2.05. The van der Waals surface area contributed by atoms with Crippen molar-refractivity contribution in [1.82, 2.24) is 0 Å². The van der Waals surface area contributed by atoms with Crippen LogP contribution < -0.4 is 0 Å². The van der Waals surface area contributed by atoms with Gasteiger partial charge in [0.15, 0.2) is 0 Å². The standard InChI is InChI=1S/C14H11Cl2FO/c1-14(18,9-3-2-4-11(17)7-9)10-5-6-12(15)13(16)8-10/h2-8,18H,1H3. The summed E-state index contributed by atoms with van der Waals surface area (Å²) >= 11 is 11.7. The van der Waals surface area contributed by atoms with E-state index in [0.29, 0.717) is 21.2 Å². The van der Waals surface area contributed by atoms with Crippen molar-refractivity contribution in [2.45, 2.75) is 12.5 Å². The average Bonchev–Trinajstić information content (AvgIpc) is 2.32. The summed E-state index contributed by atoms with van der Waals surface area (Å²) in [6, 6.07) is 10.7. The minimum Gasteiger partial charge on any atom is -0.381 e. The monoisotopic (exact) mass is 284 g/mol. The molecular formula is C14H11Cl2FO. The number of benzene rings is 2. The Labute approximate surface area is 115 Å². The van der Waals surface area contributed by atoms with E-state index in [1.807, 2.05) is 0 Å². The number of halogens is 3. The molecular weight excluding hydrogens is 274 g/mol. The molecule has 0 amide bonds. The van der Waals surface area contributed by atoms with Crippen molar-refractivity contribution >= 4 is 23.2 Å². The highest BCUT2D eigenvalue weighted by atomic mass is 35.5. The van der Waals surface area contributed by atoms with Gasteiger partial charge in [0, 0.05) is 0 Å². The molecule has 0 radical (unpaired) electrons. The number of aliphatic hydroxyl groups is 1. The van der Waals surface area contributed by atoms with Crippen LogP contribution in [0.15, 0.2) is 42.5 Å². The number of hydrogen-bond donors (Lipinski definition) is 1. The molecule has 0 bridgehead atoms. The van der Waals surface area contributed by atoms with Crippen LogP contribution in [0.1, 0.15) is 18.1 Å². The summed E-state index contributed by atoms with van der Waals surface area (Å²) in [5.74, 6) is -0.396. The van der Waals surface area contributed by atoms with Crippen LogP contribution in [0, 0.1) is 5.82 Å². The molecule has 1 atom stereocenters. The summed E-state index contributed by atoms with van der Waals surface area (Å²) in [5.41, 5.74) is -0.306. The summed E-state index contributed by atoms with van der Waals surface area (Å²) in [4.78, 5) is 0. The maximum absolute atomic E-state index is 13.2. The van der Waals surface area contributed by atoms with Crippen molar-refractivity contribution in [1.29, 1.82) is 0 Å². The van der Waals surface area contributed by atoms with Crippen molar-refractivity contribution in [3.63, 3.8) is 0 Å². The lowest BCUT2D eigenvalue weighted by Gasteiger charge is -2.25. The summed E-state index contributed by atoms with van der Waals surface area (Å²) in [7, 11) is 0. The minimum absolute atomic E-state index is 0.353. The third kappa shape index (κ3) is 2.51. The molecule has 0 aliphatic carbocycles. The van der Waals surface area contributed by atoms with E-state index in [1.54, 1.807) is 37.3 Å². The lowest BCUT2D eigenvalue weighted by molar-refractivity contribution is 0.102. The van der Waals surface area contributed by atoms with Gasteiger partial charge in [-0.2, -0.15) is 0 Å². The van der Waals surface area contributed by atoms with Gasteiger partial charge in [-0.1, -0.05) is 41.4 Å². The van der Waals surface area contributed by atoms with Gasteiger partial charge in [0.2, 0.25) is 0 Å². The molecule has 0 saturated carbocycles. The van der Waals surface area contributed by atoms with Gasteiger partial charge in [-0.25, -0.2) is 4.39 Å². The van der Waals surface area contributed by atoms with Crippen molar-refractivity contribution in [3.05, 3.63) is 69.5 Å². The molecule has 0 fully saturated rings. The first-order valence-electron chi connectivity index (χ1n) is 5.35. The molecule has 0 heterocycles. The molecule has 18 heavy (non-hydrogen) atoms. The second-order valence-electron chi connectivity index (χ2n) is 4.21. The van der Waals surface area contributed by atoms with E-state index in [4.69, 9.17) is 23.2 Å². The number of hydrogen-bond acceptors (Lipinski definition) is 1. The SMILES string of the molecule is CC(O)(c1cccc(F)c1)c1ccc(Cl)c(Cl)c1. The largest absolute Gasteiger partial charge is 0.381 e.